The van der Waals surface area contributed by atoms with E-state index in [0.29, 0.717) is 31.6 Å². The Morgan fingerprint density at radius 1 is 0.301 bits per heavy atom. The van der Waals surface area contributed by atoms with Gasteiger partial charge in [-0.1, -0.05) is 319 Å². The van der Waals surface area contributed by atoms with Crippen molar-refractivity contribution in [1.29, 1.82) is 0 Å². The van der Waals surface area contributed by atoms with Crippen LogP contribution < -0.4 is 0 Å². The molecule has 7 atom stereocenters. The SMILES string of the molecule is CCC(C)CCCCCCCCCCCCCCCCC(=O)O[C@H](COC(=O)CCCCCCCCCCCC(C)C)COP(=O)(O)OC[C@@H](O)COP(=O)(O)OC[C@@H](COC(=O)CCCCCCCCC(C)C)OC(=O)CCCCCCCCCCCCC(C)CC. The van der Waals surface area contributed by atoms with Gasteiger partial charge in [0.05, 0.1) is 26.4 Å². The number of phosphoric ester groups is 2. The Hall–Kier alpha value is -1.94. The minimum Gasteiger partial charge on any atom is -0.462 e. The summed E-state index contributed by atoms with van der Waals surface area (Å²) in [5, 5.41) is 10.6. The summed E-state index contributed by atoms with van der Waals surface area (Å²) in [5.74, 6) is 0.946. The van der Waals surface area contributed by atoms with Crippen molar-refractivity contribution in [3.63, 3.8) is 0 Å². The van der Waals surface area contributed by atoms with Crippen LogP contribution in [0.4, 0.5) is 0 Å². The van der Waals surface area contributed by atoms with Gasteiger partial charge in [-0.25, -0.2) is 9.13 Å². The third-order valence-electron chi connectivity index (χ3n) is 17.8. The maximum absolute atomic E-state index is 13.1. The van der Waals surface area contributed by atoms with Gasteiger partial charge < -0.3 is 33.8 Å². The second-order valence-electron chi connectivity index (χ2n) is 28.1. The lowest BCUT2D eigenvalue weighted by atomic mass is 9.99. The van der Waals surface area contributed by atoms with Crippen LogP contribution in [0.5, 0.6) is 0 Å². The van der Waals surface area contributed by atoms with E-state index in [4.69, 9.17) is 37.0 Å². The monoisotopic (exact) mass is 1370 g/mol. The van der Waals surface area contributed by atoms with Crippen molar-refractivity contribution in [2.24, 2.45) is 23.7 Å². The molecule has 552 valence electrons. The average Bonchev–Trinajstić information content (AvgIpc) is 3.32. The third-order valence-corrected chi connectivity index (χ3v) is 19.7. The molecule has 0 bridgehead atoms. The molecule has 93 heavy (non-hydrogen) atoms. The smallest absolute Gasteiger partial charge is 0.462 e. The van der Waals surface area contributed by atoms with Gasteiger partial charge in [0.15, 0.2) is 12.2 Å². The molecule has 4 unspecified atom stereocenters. The summed E-state index contributed by atoms with van der Waals surface area (Å²) in [4.78, 5) is 72.7. The van der Waals surface area contributed by atoms with Crippen molar-refractivity contribution in [3.05, 3.63) is 0 Å². The Labute approximate surface area is 568 Å². The van der Waals surface area contributed by atoms with Gasteiger partial charge in [0, 0.05) is 25.7 Å². The summed E-state index contributed by atoms with van der Waals surface area (Å²) < 4.78 is 68.4. The molecule has 0 aliphatic heterocycles. The number of ether oxygens (including phenoxy) is 4. The number of unbranched alkanes of at least 4 members (excludes halogenated alkanes) is 35. The number of carbonyl (C=O) groups excluding carboxylic acids is 4. The molecule has 3 N–H and O–H groups in total. The molecule has 0 spiro atoms. The molecule has 0 aromatic rings. The normalized spacial score (nSPS) is 14.8. The van der Waals surface area contributed by atoms with Crippen molar-refractivity contribution in [1.82, 2.24) is 0 Å². The lowest BCUT2D eigenvalue weighted by Gasteiger charge is -2.21. The van der Waals surface area contributed by atoms with E-state index >= 15 is 0 Å². The first-order chi connectivity index (χ1) is 44.7. The zero-order valence-electron chi connectivity index (χ0n) is 60.9. The van der Waals surface area contributed by atoms with Crippen LogP contribution in [0.2, 0.25) is 0 Å². The zero-order chi connectivity index (χ0) is 68.9. The Bertz CT molecular complexity index is 1840. The molecule has 17 nitrogen and oxygen atoms in total. The first-order valence-electron chi connectivity index (χ1n) is 38.3. The Morgan fingerprint density at radius 2 is 0.516 bits per heavy atom. The van der Waals surface area contributed by atoms with Gasteiger partial charge >= 0.3 is 39.5 Å². The molecule has 0 aliphatic carbocycles. The lowest BCUT2D eigenvalue weighted by molar-refractivity contribution is -0.161. The van der Waals surface area contributed by atoms with Gasteiger partial charge in [0.25, 0.3) is 0 Å². The minimum atomic E-state index is -4.96. The standard InChI is InChI=1S/C74H144O17P2/c1-9-66(7)52-44-36-27-21-15-13-11-12-14-16-23-30-40-48-56-73(78)90-69(60-84-71(76)54-46-38-29-25-19-20-26-34-42-50-64(3)4)62-88-92(80,81)86-58-68(75)59-87-93(82,83)89-63-70(61-85-72(77)55-47-39-33-32-35-43-51-65(5)6)91-74(79)57-49-41-31-24-18-17-22-28-37-45-53-67(8)10-2/h64-70,75H,9-63H2,1-8H3,(H,80,81)(H,82,83)/t66?,67?,68-,69-,70-/m1/s1. The van der Waals surface area contributed by atoms with Gasteiger partial charge in [-0.05, 0) is 49.4 Å². The van der Waals surface area contributed by atoms with Crippen LogP contribution in [-0.4, -0.2) is 96.7 Å². The molecule has 0 fully saturated rings. The summed E-state index contributed by atoms with van der Waals surface area (Å²) >= 11 is 0. The van der Waals surface area contributed by atoms with Crippen LogP contribution >= 0.6 is 15.6 Å². The molecule has 0 aliphatic rings. The highest BCUT2D eigenvalue weighted by Crippen LogP contribution is 2.45. The van der Waals surface area contributed by atoms with Crippen molar-refractivity contribution in [2.75, 3.05) is 39.6 Å². The zero-order valence-corrected chi connectivity index (χ0v) is 62.7. The minimum absolute atomic E-state index is 0.105. The van der Waals surface area contributed by atoms with Crippen LogP contribution in [0.1, 0.15) is 370 Å². The van der Waals surface area contributed by atoms with Crippen molar-refractivity contribution >= 4 is 39.5 Å². The summed E-state index contributed by atoms with van der Waals surface area (Å²) in [7, 11) is -9.91. The molecule has 0 heterocycles. The van der Waals surface area contributed by atoms with Crippen LogP contribution in [0.3, 0.4) is 0 Å². The van der Waals surface area contributed by atoms with E-state index in [1.807, 2.05) is 0 Å². The quantitative estimate of drug-likeness (QED) is 0.0222. The fourth-order valence-corrected chi connectivity index (χ4v) is 12.7. The number of phosphoric acid groups is 2. The molecule has 0 amide bonds. The first-order valence-corrected chi connectivity index (χ1v) is 41.3. The molecule has 0 aromatic heterocycles. The molecule has 0 aromatic carbocycles. The highest BCUT2D eigenvalue weighted by atomic mass is 31.2. The van der Waals surface area contributed by atoms with E-state index in [-0.39, 0.29) is 25.7 Å². The van der Waals surface area contributed by atoms with E-state index in [0.717, 1.165) is 114 Å². The van der Waals surface area contributed by atoms with Crippen LogP contribution in [0, 0.1) is 23.7 Å². The molecule has 19 heteroatoms. The molecule has 0 saturated carbocycles. The van der Waals surface area contributed by atoms with Crippen LogP contribution in [0.15, 0.2) is 0 Å². The molecular weight excluding hydrogens is 1220 g/mol. The van der Waals surface area contributed by atoms with Crippen LogP contribution in [0.25, 0.3) is 0 Å². The van der Waals surface area contributed by atoms with Gasteiger partial charge in [0.1, 0.15) is 19.3 Å². The maximum atomic E-state index is 13.1. The summed E-state index contributed by atoms with van der Waals surface area (Å²) in [6.07, 6.45) is 47.2. The Morgan fingerprint density at radius 3 is 0.763 bits per heavy atom. The number of hydrogen-bond donors (Lipinski definition) is 3. The topological polar surface area (TPSA) is 237 Å². The number of aliphatic hydroxyl groups is 1. The maximum Gasteiger partial charge on any atom is 0.472 e. The third kappa shape index (κ3) is 65.8. The largest absolute Gasteiger partial charge is 0.472 e. The molecule has 0 radical (unpaired) electrons. The van der Waals surface area contributed by atoms with Crippen molar-refractivity contribution in [3.8, 4) is 0 Å². The van der Waals surface area contributed by atoms with E-state index in [1.54, 1.807) is 0 Å². The highest BCUT2D eigenvalue weighted by molar-refractivity contribution is 7.47. The second-order valence-corrected chi connectivity index (χ2v) is 31.0. The van der Waals surface area contributed by atoms with Gasteiger partial charge in [-0.2, -0.15) is 0 Å². The van der Waals surface area contributed by atoms with E-state index in [2.05, 4.69) is 55.4 Å². The lowest BCUT2D eigenvalue weighted by Crippen LogP contribution is -2.30. The molecule has 0 rings (SSSR count). The predicted molar refractivity (Wildman–Crippen MR) is 377 cm³/mol. The first kappa shape index (κ1) is 91.1. The number of hydrogen-bond acceptors (Lipinski definition) is 15. The highest BCUT2D eigenvalue weighted by Gasteiger charge is 2.30. The fourth-order valence-electron chi connectivity index (χ4n) is 11.1. The van der Waals surface area contributed by atoms with Gasteiger partial charge in [0.2, 0.25) is 0 Å². The number of aliphatic hydroxyl groups excluding tert-OH is 1. The van der Waals surface area contributed by atoms with Crippen molar-refractivity contribution in [2.45, 2.75) is 388 Å². The summed E-state index contributed by atoms with van der Waals surface area (Å²) in [6.45, 7) is 14.2. The van der Waals surface area contributed by atoms with E-state index in [1.165, 1.54) is 167 Å². The second kappa shape index (κ2) is 63.5. The molecular formula is C74H144O17P2. The molecule has 0 saturated heterocycles. The number of esters is 4. The van der Waals surface area contributed by atoms with Crippen molar-refractivity contribution < 1.29 is 80.2 Å². The Balaban J connectivity index is 5.24. The summed E-state index contributed by atoms with van der Waals surface area (Å²) in [6, 6.07) is 0. The van der Waals surface area contributed by atoms with E-state index in [9.17, 15) is 43.2 Å². The predicted octanol–water partition coefficient (Wildman–Crippen LogP) is 21.3. The van der Waals surface area contributed by atoms with Gasteiger partial charge in [-0.15, -0.1) is 0 Å². The van der Waals surface area contributed by atoms with Gasteiger partial charge in [-0.3, -0.25) is 37.3 Å². The number of carbonyl (C=O) groups is 4. The number of rotatable bonds is 71. The summed E-state index contributed by atoms with van der Waals surface area (Å²) in [5.41, 5.74) is 0. The fraction of sp³-hybridized carbons (Fsp3) is 0.946. The van der Waals surface area contributed by atoms with Crippen LogP contribution in [-0.2, 0) is 65.4 Å². The van der Waals surface area contributed by atoms with E-state index < -0.39 is 97.5 Å². The average molecular weight is 1370 g/mol. The Kier molecular flexibility index (Phi) is 62.2.